The van der Waals surface area contributed by atoms with Gasteiger partial charge in [0.25, 0.3) is 0 Å². The Kier molecular flexibility index (Phi) is 4.99. The molecule has 2 nitrogen and oxygen atoms in total. The lowest BCUT2D eigenvalue weighted by Gasteiger charge is -2.11. The molecule has 0 spiro atoms. The summed E-state index contributed by atoms with van der Waals surface area (Å²) >= 11 is 0. The van der Waals surface area contributed by atoms with Gasteiger partial charge in [0.15, 0.2) is 0 Å². The van der Waals surface area contributed by atoms with E-state index in [2.05, 4.69) is 10.6 Å². The Labute approximate surface area is 115 Å². The molecule has 1 aromatic rings. The van der Waals surface area contributed by atoms with Crippen LogP contribution < -0.4 is 10.6 Å². The molecule has 1 saturated carbocycles. The highest BCUT2D eigenvalue weighted by Gasteiger charge is 2.34. The van der Waals surface area contributed by atoms with E-state index < -0.39 is 17.6 Å². The molecule has 0 amide bonds. The highest BCUT2D eigenvalue weighted by atomic mass is 19.4. The van der Waals surface area contributed by atoms with E-state index in [-0.39, 0.29) is 0 Å². The zero-order chi connectivity index (χ0) is 14.6. The van der Waals surface area contributed by atoms with E-state index in [1.54, 1.807) is 0 Å². The van der Waals surface area contributed by atoms with E-state index in [0.717, 1.165) is 31.6 Å². The van der Waals surface area contributed by atoms with E-state index in [1.807, 2.05) is 0 Å². The van der Waals surface area contributed by atoms with Gasteiger partial charge in [0, 0.05) is 12.6 Å². The summed E-state index contributed by atoms with van der Waals surface area (Å²) in [5.74, 6) is -1.23. The second-order valence-corrected chi connectivity index (χ2v) is 5.07. The molecular weight excluding hydrogens is 272 g/mol. The standard InChI is InChI=1S/C14H18F4N2/c15-13-5-2-10(8-12(13)14(16,17)18)9-19-6-1-7-20-11-3-4-11/h2,5,8,11,19-20H,1,3-4,6-7,9H2. The van der Waals surface area contributed by atoms with E-state index in [4.69, 9.17) is 0 Å². The lowest BCUT2D eigenvalue weighted by atomic mass is 10.1. The van der Waals surface area contributed by atoms with Crippen LogP contribution in [-0.2, 0) is 12.7 Å². The van der Waals surface area contributed by atoms with Crippen LogP contribution >= 0.6 is 0 Å². The number of alkyl halides is 3. The third-order valence-corrected chi connectivity index (χ3v) is 3.21. The predicted octanol–water partition coefficient (Wildman–Crippen LogP) is 3.08. The van der Waals surface area contributed by atoms with Crippen LogP contribution in [-0.4, -0.2) is 19.1 Å². The summed E-state index contributed by atoms with van der Waals surface area (Å²) in [4.78, 5) is 0. The van der Waals surface area contributed by atoms with Gasteiger partial charge in [-0.3, -0.25) is 0 Å². The van der Waals surface area contributed by atoms with Crippen LogP contribution in [0.4, 0.5) is 17.6 Å². The van der Waals surface area contributed by atoms with Crippen LogP contribution in [0.3, 0.4) is 0 Å². The van der Waals surface area contributed by atoms with Crippen molar-refractivity contribution in [2.45, 2.75) is 38.0 Å². The van der Waals surface area contributed by atoms with E-state index in [9.17, 15) is 17.6 Å². The first kappa shape index (κ1) is 15.3. The number of nitrogens with one attached hydrogen (secondary N) is 2. The van der Waals surface area contributed by atoms with E-state index in [1.165, 1.54) is 18.9 Å². The molecule has 1 aliphatic rings. The summed E-state index contributed by atoms with van der Waals surface area (Å²) < 4.78 is 50.7. The fourth-order valence-corrected chi connectivity index (χ4v) is 1.94. The van der Waals surface area contributed by atoms with E-state index >= 15 is 0 Å². The van der Waals surface area contributed by atoms with Crippen molar-refractivity contribution in [1.29, 1.82) is 0 Å². The summed E-state index contributed by atoms with van der Waals surface area (Å²) in [7, 11) is 0. The first-order chi connectivity index (χ1) is 9.47. The zero-order valence-electron chi connectivity index (χ0n) is 11.1. The Morgan fingerprint density at radius 2 is 1.90 bits per heavy atom. The zero-order valence-corrected chi connectivity index (χ0v) is 11.1. The molecule has 6 heteroatoms. The van der Waals surface area contributed by atoms with Crippen molar-refractivity contribution in [3.05, 3.63) is 35.1 Å². The fourth-order valence-electron chi connectivity index (χ4n) is 1.94. The second-order valence-electron chi connectivity index (χ2n) is 5.07. The van der Waals surface area contributed by atoms with Crippen LogP contribution in [0.25, 0.3) is 0 Å². The molecule has 0 aliphatic heterocycles. The van der Waals surface area contributed by atoms with Crippen LogP contribution in [0.5, 0.6) is 0 Å². The maximum absolute atomic E-state index is 13.1. The average molecular weight is 290 g/mol. The largest absolute Gasteiger partial charge is 0.419 e. The molecular formula is C14H18F4N2. The van der Waals surface area contributed by atoms with Gasteiger partial charge in [-0.15, -0.1) is 0 Å². The minimum Gasteiger partial charge on any atom is -0.314 e. The minimum atomic E-state index is -4.64. The fraction of sp³-hybridized carbons (Fsp3) is 0.571. The van der Waals surface area contributed by atoms with Crippen molar-refractivity contribution in [3.63, 3.8) is 0 Å². The molecule has 0 unspecified atom stereocenters. The van der Waals surface area contributed by atoms with Gasteiger partial charge in [0.1, 0.15) is 5.82 Å². The number of benzene rings is 1. The molecule has 2 rings (SSSR count). The van der Waals surface area contributed by atoms with Crippen molar-refractivity contribution in [3.8, 4) is 0 Å². The van der Waals surface area contributed by atoms with Crippen LogP contribution in [0.1, 0.15) is 30.4 Å². The maximum atomic E-state index is 13.1. The van der Waals surface area contributed by atoms with Crippen molar-refractivity contribution < 1.29 is 17.6 Å². The third-order valence-electron chi connectivity index (χ3n) is 3.21. The molecule has 0 atom stereocenters. The Hall–Kier alpha value is -1.14. The molecule has 112 valence electrons. The van der Waals surface area contributed by atoms with Crippen LogP contribution in [0.2, 0.25) is 0 Å². The quantitative estimate of drug-likeness (QED) is 0.596. The van der Waals surface area contributed by atoms with Crippen molar-refractivity contribution in [2.75, 3.05) is 13.1 Å². The smallest absolute Gasteiger partial charge is 0.314 e. The van der Waals surface area contributed by atoms with Crippen molar-refractivity contribution in [1.82, 2.24) is 10.6 Å². The lowest BCUT2D eigenvalue weighted by Crippen LogP contribution is -2.23. The van der Waals surface area contributed by atoms with Gasteiger partial charge >= 0.3 is 6.18 Å². The van der Waals surface area contributed by atoms with Gasteiger partial charge in [-0.2, -0.15) is 13.2 Å². The van der Waals surface area contributed by atoms with Gasteiger partial charge in [-0.05, 0) is 50.0 Å². The normalized spacial score (nSPS) is 15.6. The Morgan fingerprint density at radius 3 is 2.55 bits per heavy atom. The van der Waals surface area contributed by atoms with Gasteiger partial charge in [-0.25, -0.2) is 4.39 Å². The SMILES string of the molecule is Fc1ccc(CNCCCNC2CC2)cc1C(F)(F)F. The lowest BCUT2D eigenvalue weighted by molar-refractivity contribution is -0.140. The van der Waals surface area contributed by atoms with E-state index in [0.29, 0.717) is 18.2 Å². The highest BCUT2D eigenvalue weighted by molar-refractivity contribution is 5.27. The molecule has 20 heavy (non-hydrogen) atoms. The number of hydrogen-bond donors (Lipinski definition) is 2. The van der Waals surface area contributed by atoms with Crippen molar-refractivity contribution in [2.24, 2.45) is 0 Å². The number of hydrogen-bond acceptors (Lipinski definition) is 2. The summed E-state index contributed by atoms with van der Waals surface area (Å²) in [6.07, 6.45) is -1.25. The Balaban J connectivity index is 1.74. The van der Waals surface area contributed by atoms with Crippen molar-refractivity contribution >= 4 is 0 Å². The third kappa shape index (κ3) is 4.76. The highest BCUT2D eigenvalue weighted by Crippen LogP contribution is 2.31. The van der Waals surface area contributed by atoms with Crippen LogP contribution in [0.15, 0.2) is 18.2 Å². The first-order valence-corrected chi connectivity index (χ1v) is 6.76. The molecule has 0 radical (unpaired) electrons. The monoisotopic (exact) mass is 290 g/mol. The average Bonchev–Trinajstić information content (AvgIpc) is 3.18. The molecule has 1 fully saturated rings. The number of halogens is 4. The first-order valence-electron chi connectivity index (χ1n) is 6.76. The second kappa shape index (κ2) is 6.54. The predicted molar refractivity (Wildman–Crippen MR) is 68.8 cm³/mol. The molecule has 1 aromatic carbocycles. The van der Waals surface area contributed by atoms with Gasteiger partial charge in [0.2, 0.25) is 0 Å². The molecule has 2 N–H and O–H groups in total. The summed E-state index contributed by atoms with van der Waals surface area (Å²) in [5.41, 5.74) is -0.763. The van der Waals surface area contributed by atoms with Crippen LogP contribution in [0, 0.1) is 5.82 Å². The molecule has 0 saturated heterocycles. The minimum absolute atomic E-state index is 0.312. The Morgan fingerprint density at radius 1 is 1.15 bits per heavy atom. The summed E-state index contributed by atoms with van der Waals surface area (Å²) in [6.45, 7) is 1.94. The Bertz CT molecular complexity index is 441. The molecule has 0 aromatic heterocycles. The summed E-state index contributed by atoms with van der Waals surface area (Å²) in [6, 6.07) is 3.78. The maximum Gasteiger partial charge on any atom is 0.419 e. The van der Waals surface area contributed by atoms with Gasteiger partial charge in [-0.1, -0.05) is 6.07 Å². The molecule has 0 bridgehead atoms. The van der Waals surface area contributed by atoms with Gasteiger partial charge in [0.05, 0.1) is 5.56 Å². The number of rotatable bonds is 7. The molecule has 0 heterocycles. The summed E-state index contributed by atoms with van der Waals surface area (Å²) in [5, 5.41) is 6.42. The van der Waals surface area contributed by atoms with Gasteiger partial charge < -0.3 is 10.6 Å². The topological polar surface area (TPSA) is 24.1 Å². The molecule has 1 aliphatic carbocycles.